The van der Waals surface area contributed by atoms with Gasteiger partial charge in [-0.2, -0.15) is 0 Å². The van der Waals surface area contributed by atoms with E-state index in [1.807, 2.05) is 13.1 Å². The highest BCUT2D eigenvalue weighted by Gasteiger charge is 2.14. The summed E-state index contributed by atoms with van der Waals surface area (Å²) < 4.78 is 0.977. The molecule has 5 heteroatoms. The van der Waals surface area contributed by atoms with E-state index in [0.717, 1.165) is 42.3 Å². The van der Waals surface area contributed by atoms with Crippen molar-refractivity contribution >= 4 is 21.7 Å². The van der Waals surface area contributed by atoms with E-state index in [1.165, 1.54) is 0 Å². The highest BCUT2D eigenvalue weighted by molar-refractivity contribution is 9.10. The zero-order valence-corrected chi connectivity index (χ0v) is 9.71. The number of hydrogen-bond acceptors (Lipinski definition) is 4. The van der Waals surface area contributed by atoms with E-state index >= 15 is 0 Å². The molecule has 0 atom stereocenters. The molecule has 1 aromatic heterocycles. The van der Waals surface area contributed by atoms with Crippen LogP contribution in [0.5, 0.6) is 0 Å². The van der Waals surface area contributed by atoms with Crippen molar-refractivity contribution in [3.8, 4) is 0 Å². The lowest BCUT2D eigenvalue weighted by Crippen LogP contribution is -2.44. The minimum Gasteiger partial charge on any atom is -0.353 e. The van der Waals surface area contributed by atoms with Gasteiger partial charge >= 0.3 is 0 Å². The van der Waals surface area contributed by atoms with Crippen LogP contribution in [0.25, 0.3) is 0 Å². The summed E-state index contributed by atoms with van der Waals surface area (Å²) in [6, 6.07) is 0. The van der Waals surface area contributed by atoms with Crippen molar-refractivity contribution in [1.29, 1.82) is 0 Å². The van der Waals surface area contributed by atoms with Crippen LogP contribution in [0.3, 0.4) is 0 Å². The van der Waals surface area contributed by atoms with E-state index in [4.69, 9.17) is 0 Å². The summed E-state index contributed by atoms with van der Waals surface area (Å²) in [6.07, 6.45) is 1.82. The number of anilines is 1. The third-order valence-corrected chi connectivity index (χ3v) is 2.82. The Labute approximate surface area is 91.9 Å². The first-order valence-electron chi connectivity index (χ1n) is 4.72. The first kappa shape index (κ1) is 9.86. The molecule has 2 heterocycles. The molecule has 2 rings (SSSR count). The fourth-order valence-electron chi connectivity index (χ4n) is 1.54. The predicted molar refractivity (Wildman–Crippen MR) is 59.6 cm³/mol. The molecule has 0 amide bonds. The first-order valence-corrected chi connectivity index (χ1v) is 5.51. The quantitative estimate of drug-likeness (QED) is 0.813. The van der Waals surface area contributed by atoms with Crippen LogP contribution in [0, 0.1) is 6.92 Å². The number of piperazine rings is 1. The minimum atomic E-state index is 0.821. The van der Waals surface area contributed by atoms with Gasteiger partial charge in [-0.05, 0) is 22.9 Å². The Kier molecular flexibility index (Phi) is 2.98. The van der Waals surface area contributed by atoms with Crippen LogP contribution in [-0.2, 0) is 0 Å². The normalized spacial score (nSPS) is 17.1. The molecule has 14 heavy (non-hydrogen) atoms. The molecular formula is C9H13BrN4. The molecule has 1 saturated heterocycles. The Morgan fingerprint density at radius 1 is 1.43 bits per heavy atom. The smallest absolute Gasteiger partial charge is 0.146 e. The monoisotopic (exact) mass is 256 g/mol. The van der Waals surface area contributed by atoms with Gasteiger partial charge in [0.1, 0.15) is 11.6 Å². The first-order chi connectivity index (χ1) is 6.77. The van der Waals surface area contributed by atoms with E-state index in [0.29, 0.717) is 0 Å². The molecule has 1 aliphatic heterocycles. The standard InChI is InChI=1S/C9H13BrN4/c1-7-12-6-8(10)9(13-7)14-4-2-11-3-5-14/h6,11H,2-5H2,1H3. The Morgan fingerprint density at radius 2 is 2.14 bits per heavy atom. The SMILES string of the molecule is Cc1ncc(Br)c(N2CCNCC2)n1. The van der Waals surface area contributed by atoms with Crippen molar-refractivity contribution in [3.05, 3.63) is 16.5 Å². The third kappa shape index (κ3) is 2.04. The highest BCUT2D eigenvalue weighted by Crippen LogP contribution is 2.22. The molecule has 0 radical (unpaired) electrons. The fraction of sp³-hybridized carbons (Fsp3) is 0.556. The van der Waals surface area contributed by atoms with Gasteiger partial charge in [0.15, 0.2) is 0 Å². The van der Waals surface area contributed by atoms with E-state index in [-0.39, 0.29) is 0 Å². The Balaban J connectivity index is 2.24. The number of nitrogens with zero attached hydrogens (tertiary/aromatic N) is 3. The van der Waals surface area contributed by atoms with Crippen molar-refractivity contribution in [1.82, 2.24) is 15.3 Å². The maximum absolute atomic E-state index is 4.44. The van der Waals surface area contributed by atoms with Crippen LogP contribution in [0.1, 0.15) is 5.82 Å². The van der Waals surface area contributed by atoms with E-state index in [2.05, 4.69) is 36.1 Å². The summed E-state index contributed by atoms with van der Waals surface area (Å²) in [4.78, 5) is 10.8. The van der Waals surface area contributed by atoms with Gasteiger partial charge in [0.05, 0.1) is 4.47 Å². The molecule has 0 saturated carbocycles. The zero-order chi connectivity index (χ0) is 9.97. The second-order valence-corrected chi connectivity index (χ2v) is 4.18. The van der Waals surface area contributed by atoms with Gasteiger partial charge in [-0.3, -0.25) is 0 Å². The number of aryl methyl sites for hydroxylation is 1. The van der Waals surface area contributed by atoms with Gasteiger partial charge in [0.25, 0.3) is 0 Å². The fourth-order valence-corrected chi connectivity index (χ4v) is 1.98. The summed E-state index contributed by atoms with van der Waals surface area (Å²) >= 11 is 3.48. The summed E-state index contributed by atoms with van der Waals surface area (Å²) in [7, 11) is 0. The Morgan fingerprint density at radius 3 is 2.86 bits per heavy atom. The van der Waals surface area contributed by atoms with Crippen LogP contribution in [0.15, 0.2) is 10.7 Å². The van der Waals surface area contributed by atoms with Gasteiger partial charge in [-0.15, -0.1) is 0 Å². The molecule has 1 N–H and O–H groups in total. The largest absolute Gasteiger partial charge is 0.353 e. The van der Waals surface area contributed by atoms with Crippen molar-refractivity contribution in [3.63, 3.8) is 0 Å². The van der Waals surface area contributed by atoms with Gasteiger partial charge in [0, 0.05) is 32.4 Å². The molecule has 0 aliphatic carbocycles. The summed E-state index contributed by atoms with van der Waals surface area (Å²) in [5.74, 6) is 1.83. The molecule has 1 aliphatic rings. The maximum atomic E-state index is 4.44. The summed E-state index contributed by atoms with van der Waals surface area (Å²) in [5, 5.41) is 3.32. The maximum Gasteiger partial charge on any atom is 0.146 e. The molecule has 76 valence electrons. The van der Waals surface area contributed by atoms with Crippen LogP contribution in [-0.4, -0.2) is 36.1 Å². The zero-order valence-electron chi connectivity index (χ0n) is 8.13. The second kappa shape index (κ2) is 4.23. The van der Waals surface area contributed by atoms with Gasteiger partial charge in [-0.1, -0.05) is 0 Å². The second-order valence-electron chi connectivity index (χ2n) is 3.33. The Hall–Kier alpha value is -0.680. The van der Waals surface area contributed by atoms with E-state index in [1.54, 1.807) is 0 Å². The number of nitrogens with one attached hydrogen (secondary N) is 1. The van der Waals surface area contributed by atoms with E-state index < -0.39 is 0 Å². The molecule has 0 bridgehead atoms. The van der Waals surface area contributed by atoms with Gasteiger partial charge < -0.3 is 10.2 Å². The number of aromatic nitrogens is 2. The lowest BCUT2D eigenvalue weighted by Gasteiger charge is -2.29. The van der Waals surface area contributed by atoms with Crippen LogP contribution in [0.4, 0.5) is 5.82 Å². The number of rotatable bonds is 1. The molecule has 1 fully saturated rings. The van der Waals surface area contributed by atoms with Crippen LogP contribution < -0.4 is 10.2 Å². The van der Waals surface area contributed by atoms with Crippen molar-refractivity contribution in [2.75, 3.05) is 31.1 Å². The number of hydrogen-bond donors (Lipinski definition) is 1. The molecule has 4 nitrogen and oxygen atoms in total. The average molecular weight is 257 g/mol. The van der Waals surface area contributed by atoms with E-state index in [9.17, 15) is 0 Å². The summed E-state index contributed by atoms with van der Waals surface area (Å²) in [5.41, 5.74) is 0. The van der Waals surface area contributed by atoms with Gasteiger partial charge in [0.2, 0.25) is 0 Å². The van der Waals surface area contributed by atoms with Crippen molar-refractivity contribution in [2.45, 2.75) is 6.92 Å². The highest BCUT2D eigenvalue weighted by atomic mass is 79.9. The van der Waals surface area contributed by atoms with Crippen LogP contribution >= 0.6 is 15.9 Å². The topological polar surface area (TPSA) is 41.1 Å². The van der Waals surface area contributed by atoms with Crippen molar-refractivity contribution < 1.29 is 0 Å². The summed E-state index contributed by atoms with van der Waals surface area (Å²) in [6.45, 7) is 5.98. The number of halogens is 1. The average Bonchev–Trinajstić information content (AvgIpc) is 2.23. The lowest BCUT2D eigenvalue weighted by molar-refractivity contribution is 0.583. The third-order valence-electron chi connectivity index (χ3n) is 2.26. The Bertz CT molecular complexity index is 323. The van der Waals surface area contributed by atoms with Crippen molar-refractivity contribution in [2.24, 2.45) is 0 Å². The lowest BCUT2D eigenvalue weighted by atomic mass is 10.3. The molecule has 1 aromatic rings. The minimum absolute atomic E-state index is 0.821. The van der Waals surface area contributed by atoms with Gasteiger partial charge in [-0.25, -0.2) is 9.97 Å². The molecule has 0 unspecified atom stereocenters. The predicted octanol–water partition coefficient (Wildman–Crippen LogP) is 0.957. The molecule has 0 aromatic carbocycles. The molecular weight excluding hydrogens is 244 g/mol. The molecule has 0 spiro atoms. The van der Waals surface area contributed by atoms with Crippen LogP contribution in [0.2, 0.25) is 0 Å².